The second-order valence-corrected chi connectivity index (χ2v) is 6.16. The molecular weight excluding hydrogens is 232 g/mol. The van der Waals surface area contributed by atoms with Gasteiger partial charge in [-0.05, 0) is 55.8 Å². The van der Waals surface area contributed by atoms with Gasteiger partial charge in [0.2, 0.25) is 0 Å². The minimum atomic E-state index is 0.702. The fourth-order valence-electron chi connectivity index (χ4n) is 2.75. The lowest BCUT2D eigenvalue weighted by molar-refractivity contribution is 0.537. The lowest BCUT2D eigenvalue weighted by Crippen LogP contribution is -2.34. The van der Waals surface area contributed by atoms with Crippen molar-refractivity contribution in [3.63, 3.8) is 0 Å². The summed E-state index contributed by atoms with van der Waals surface area (Å²) >= 11 is 0. The van der Waals surface area contributed by atoms with Crippen LogP contribution in [0.25, 0.3) is 0 Å². The van der Waals surface area contributed by atoms with Gasteiger partial charge in [0.25, 0.3) is 0 Å². The van der Waals surface area contributed by atoms with Crippen LogP contribution in [-0.4, -0.2) is 25.7 Å². The van der Waals surface area contributed by atoms with Crippen LogP contribution in [0, 0.1) is 5.92 Å². The second kappa shape index (κ2) is 7.66. The highest BCUT2D eigenvalue weighted by Gasteiger charge is 2.12. The Morgan fingerprint density at radius 1 is 1.21 bits per heavy atom. The highest BCUT2D eigenvalue weighted by Crippen LogP contribution is 2.10. The third-order valence-electron chi connectivity index (χ3n) is 3.81. The van der Waals surface area contributed by atoms with E-state index in [-0.39, 0.29) is 0 Å². The molecule has 0 radical (unpaired) electrons. The first-order valence-corrected chi connectivity index (χ1v) is 7.76. The molecule has 0 amide bonds. The number of hydrogen-bond donors (Lipinski definition) is 2. The van der Waals surface area contributed by atoms with Gasteiger partial charge in [-0.3, -0.25) is 0 Å². The first-order valence-electron chi connectivity index (χ1n) is 7.76. The Bertz CT molecular complexity index is 350. The van der Waals surface area contributed by atoms with Crippen molar-refractivity contribution < 1.29 is 0 Å². The minimum Gasteiger partial charge on any atom is -0.315 e. The van der Waals surface area contributed by atoms with Gasteiger partial charge in [-0.2, -0.15) is 0 Å². The zero-order chi connectivity index (χ0) is 13.5. The van der Waals surface area contributed by atoms with E-state index in [9.17, 15) is 0 Å². The predicted octanol–water partition coefficient (Wildman–Crippen LogP) is 2.77. The quantitative estimate of drug-likeness (QED) is 0.737. The van der Waals surface area contributed by atoms with Crippen LogP contribution in [0.5, 0.6) is 0 Å². The lowest BCUT2D eigenvalue weighted by atomic mass is 10.0. The maximum atomic E-state index is 3.56. The van der Waals surface area contributed by atoms with Crippen LogP contribution < -0.4 is 10.6 Å². The van der Waals surface area contributed by atoms with Crippen molar-refractivity contribution in [3.8, 4) is 0 Å². The van der Waals surface area contributed by atoms with Gasteiger partial charge >= 0.3 is 0 Å². The third kappa shape index (κ3) is 5.33. The molecule has 0 saturated carbocycles. The van der Waals surface area contributed by atoms with Gasteiger partial charge in [0.1, 0.15) is 0 Å². The molecular formula is C17H28N2. The maximum Gasteiger partial charge on any atom is 0.0192 e. The van der Waals surface area contributed by atoms with E-state index in [1.165, 1.54) is 36.9 Å². The standard InChI is InChI=1S/C17H28N2/c1-14(2)12-16-7-5-15(6-8-16)9-11-18-13-17-4-3-10-19-17/h5-8,14,17-19H,3-4,9-13H2,1-2H3. The molecule has 1 fully saturated rings. The average Bonchev–Trinajstić information content (AvgIpc) is 2.89. The monoisotopic (exact) mass is 260 g/mol. The van der Waals surface area contributed by atoms with E-state index in [4.69, 9.17) is 0 Å². The summed E-state index contributed by atoms with van der Waals surface area (Å²) in [5.74, 6) is 0.742. The highest BCUT2D eigenvalue weighted by molar-refractivity contribution is 5.23. The molecule has 0 spiro atoms. The topological polar surface area (TPSA) is 24.1 Å². The van der Waals surface area contributed by atoms with E-state index in [1.54, 1.807) is 0 Å². The zero-order valence-corrected chi connectivity index (χ0v) is 12.4. The highest BCUT2D eigenvalue weighted by atomic mass is 15.0. The van der Waals surface area contributed by atoms with Crippen molar-refractivity contribution >= 4 is 0 Å². The van der Waals surface area contributed by atoms with Crippen molar-refractivity contribution in [2.45, 2.75) is 45.6 Å². The Kier molecular flexibility index (Phi) is 5.87. The Morgan fingerprint density at radius 2 is 1.95 bits per heavy atom. The molecule has 2 rings (SSSR count). The van der Waals surface area contributed by atoms with E-state index >= 15 is 0 Å². The number of hydrogen-bond acceptors (Lipinski definition) is 2. The van der Waals surface area contributed by atoms with Crippen LogP contribution in [-0.2, 0) is 12.8 Å². The molecule has 1 aliphatic rings. The van der Waals surface area contributed by atoms with Gasteiger partial charge in [-0.15, -0.1) is 0 Å². The fourth-order valence-corrected chi connectivity index (χ4v) is 2.75. The number of rotatable bonds is 7. The largest absolute Gasteiger partial charge is 0.315 e. The predicted molar refractivity (Wildman–Crippen MR) is 82.6 cm³/mol. The summed E-state index contributed by atoms with van der Waals surface area (Å²) in [5, 5.41) is 7.08. The van der Waals surface area contributed by atoms with Gasteiger partial charge in [-0.25, -0.2) is 0 Å². The molecule has 2 N–H and O–H groups in total. The third-order valence-corrected chi connectivity index (χ3v) is 3.81. The Morgan fingerprint density at radius 3 is 2.58 bits per heavy atom. The van der Waals surface area contributed by atoms with E-state index in [0.717, 1.165) is 25.4 Å². The normalized spacial score (nSPS) is 19.2. The molecule has 2 nitrogen and oxygen atoms in total. The molecule has 1 unspecified atom stereocenters. The van der Waals surface area contributed by atoms with Crippen LogP contribution >= 0.6 is 0 Å². The fraction of sp³-hybridized carbons (Fsp3) is 0.647. The summed E-state index contributed by atoms with van der Waals surface area (Å²) < 4.78 is 0. The molecule has 1 aliphatic heterocycles. The zero-order valence-electron chi connectivity index (χ0n) is 12.4. The lowest BCUT2D eigenvalue weighted by Gasteiger charge is -2.11. The number of benzene rings is 1. The molecule has 0 aromatic heterocycles. The van der Waals surface area contributed by atoms with Crippen LogP contribution in [0.1, 0.15) is 37.8 Å². The van der Waals surface area contributed by atoms with Crippen molar-refractivity contribution in [2.24, 2.45) is 5.92 Å². The van der Waals surface area contributed by atoms with E-state index in [2.05, 4.69) is 48.7 Å². The van der Waals surface area contributed by atoms with Crippen molar-refractivity contribution in [1.82, 2.24) is 10.6 Å². The Hall–Kier alpha value is -0.860. The van der Waals surface area contributed by atoms with E-state index in [0.29, 0.717) is 6.04 Å². The van der Waals surface area contributed by atoms with E-state index in [1.807, 2.05) is 0 Å². The van der Waals surface area contributed by atoms with Crippen molar-refractivity contribution in [3.05, 3.63) is 35.4 Å². The smallest absolute Gasteiger partial charge is 0.0192 e. The SMILES string of the molecule is CC(C)Cc1ccc(CCNCC2CCCN2)cc1. The molecule has 1 atom stereocenters. The molecule has 1 heterocycles. The molecule has 1 aromatic rings. The van der Waals surface area contributed by atoms with Gasteiger partial charge in [0.05, 0.1) is 0 Å². The van der Waals surface area contributed by atoms with Crippen LogP contribution in [0.2, 0.25) is 0 Å². The average molecular weight is 260 g/mol. The summed E-state index contributed by atoms with van der Waals surface area (Å²) in [7, 11) is 0. The summed E-state index contributed by atoms with van der Waals surface area (Å²) in [6.07, 6.45) is 4.99. The van der Waals surface area contributed by atoms with Gasteiger partial charge in [0.15, 0.2) is 0 Å². The first-order chi connectivity index (χ1) is 9.24. The van der Waals surface area contributed by atoms with Crippen molar-refractivity contribution in [2.75, 3.05) is 19.6 Å². The minimum absolute atomic E-state index is 0.702. The maximum absolute atomic E-state index is 3.56. The molecule has 19 heavy (non-hydrogen) atoms. The van der Waals surface area contributed by atoms with Crippen LogP contribution in [0.3, 0.4) is 0 Å². The summed E-state index contributed by atoms with van der Waals surface area (Å²) in [5.41, 5.74) is 2.90. The van der Waals surface area contributed by atoms with Crippen molar-refractivity contribution in [1.29, 1.82) is 0 Å². The molecule has 0 bridgehead atoms. The Labute approximate surface area is 118 Å². The first kappa shape index (κ1) is 14.5. The molecule has 106 valence electrons. The van der Waals surface area contributed by atoms with Crippen LogP contribution in [0.15, 0.2) is 24.3 Å². The summed E-state index contributed by atoms with van der Waals surface area (Å²) in [6, 6.07) is 9.84. The number of nitrogens with one attached hydrogen (secondary N) is 2. The molecule has 2 heteroatoms. The summed E-state index contributed by atoms with van der Waals surface area (Å²) in [6.45, 7) is 7.95. The molecule has 0 aliphatic carbocycles. The molecule has 1 saturated heterocycles. The van der Waals surface area contributed by atoms with Gasteiger partial charge in [-0.1, -0.05) is 38.1 Å². The molecule has 1 aromatic carbocycles. The van der Waals surface area contributed by atoms with E-state index < -0.39 is 0 Å². The van der Waals surface area contributed by atoms with Crippen LogP contribution in [0.4, 0.5) is 0 Å². The second-order valence-electron chi connectivity index (χ2n) is 6.16. The summed E-state index contributed by atoms with van der Waals surface area (Å²) in [4.78, 5) is 0. The Balaban J connectivity index is 1.65. The van der Waals surface area contributed by atoms with Gasteiger partial charge in [0, 0.05) is 12.6 Å². The van der Waals surface area contributed by atoms with Gasteiger partial charge < -0.3 is 10.6 Å².